The molecule has 9 heteroatoms. The summed E-state index contributed by atoms with van der Waals surface area (Å²) < 4.78 is 0. The highest BCUT2D eigenvalue weighted by molar-refractivity contribution is 6.02. The smallest absolute Gasteiger partial charge is 0.354 e. The second-order valence-electron chi connectivity index (χ2n) is 4.67. The van der Waals surface area contributed by atoms with Crippen molar-refractivity contribution in [1.29, 1.82) is 0 Å². The van der Waals surface area contributed by atoms with E-state index in [-0.39, 0.29) is 17.3 Å². The number of hydrogen-bond donors (Lipinski definition) is 3. The van der Waals surface area contributed by atoms with E-state index in [0.29, 0.717) is 32.7 Å². The van der Waals surface area contributed by atoms with Gasteiger partial charge in [-0.25, -0.2) is 9.78 Å². The van der Waals surface area contributed by atoms with Gasteiger partial charge in [-0.2, -0.15) is 0 Å². The predicted molar refractivity (Wildman–Crippen MR) is 72.0 cm³/mol. The highest BCUT2D eigenvalue weighted by atomic mass is 16.4. The third-order valence-electron chi connectivity index (χ3n) is 3.36. The lowest BCUT2D eigenvalue weighted by Gasteiger charge is -2.33. The van der Waals surface area contributed by atoms with Crippen molar-refractivity contribution in [2.24, 2.45) is 0 Å². The zero-order valence-corrected chi connectivity index (χ0v) is 11.6. The maximum atomic E-state index is 12.3. The summed E-state index contributed by atoms with van der Waals surface area (Å²) in [5, 5.41) is 11.5. The molecule has 0 saturated carbocycles. The molecule has 0 atom stereocenters. The normalized spacial score (nSPS) is 15.8. The van der Waals surface area contributed by atoms with E-state index in [1.807, 2.05) is 4.90 Å². The summed E-state index contributed by atoms with van der Waals surface area (Å²) >= 11 is 0. The van der Waals surface area contributed by atoms with Crippen LogP contribution in [0.2, 0.25) is 0 Å². The Hall–Kier alpha value is -2.42. The molecule has 0 bridgehead atoms. The Bertz CT molecular complexity index is 548. The highest BCUT2D eigenvalue weighted by Crippen LogP contribution is 2.10. The monoisotopic (exact) mass is 295 g/mol. The summed E-state index contributed by atoms with van der Waals surface area (Å²) in [6.07, 6.45) is 1.19. The van der Waals surface area contributed by atoms with Crippen molar-refractivity contribution >= 4 is 17.8 Å². The van der Waals surface area contributed by atoms with E-state index >= 15 is 0 Å². The van der Waals surface area contributed by atoms with Crippen LogP contribution in [0.4, 0.5) is 0 Å². The van der Waals surface area contributed by atoms with E-state index in [0.717, 1.165) is 0 Å². The summed E-state index contributed by atoms with van der Waals surface area (Å²) in [7, 11) is 1.58. The van der Waals surface area contributed by atoms with Crippen LogP contribution in [0.1, 0.15) is 21.0 Å². The lowest BCUT2D eigenvalue weighted by Crippen LogP contribution is -2.51. The third-order valence-corrected chi connectivity index (χ3v) is 3.36. The number of nitrogens with zero attached hydrogens (tertiary/aromatic N) is 3. The number of aromatic nitrogens is 2. The Morgan fingerprint density at radius 3 is 2.57 bits per heavy atom. The summed E-state index contributed by atoms with van der Waals surface area (Å²) in [6.45, 7) is 2.28. The Kier molecular flexibility index (Phi) is 4.53. The fraction of sp³-hybridized carbons (Fsp3) is 0.500. The first-order chi connectivity index (χ1) is 10.0. The molecule has 0 radical (unpaired) electrons. The molecule has 1 aliphatic heterocycles. The van der Waals surface area contributed by atoms with Gasteiger partial charge in [-0.15, -0.1) is 0 Å². The molecule has 1 fully saturated rings. The van der Waals surface area contributed by atoms with Crippen LogP contribution in [0.25, 0.3) is 0 Å². The van der Waals surface area contributed by atoms with E-state index < -0.39 is 11.9 Å². The Balaban J connectivity index is 1.96. The van der Waals surface area contributed by atoms with E-state index in [2.05, 4.69) is 15.3 Å². The van der Waals surface area contributed by atoms with Gasteiger partial charge in [0.15, 0.2) is 11.4 Å². The maximum absolute atomic E-state index is 12.3. The van der Waals surface area contributed by atoms with Gasteiger partial charge in [0, 0.05) is 33.2 Å². The van der Waals surface area contributed by atoms with Crippen LogP contribution in [-0.2, 0) is 4.79 Å². The molecule has 1 aromatic rings. The summed E-state index contributed by atoms with van der Waals surface area (Å²) in [6, 6.07) is 0. The number of likely N-dealkylation sites (N-methyl/N-ethyl adjacent to an activating group) is 1. The van der Waals surface area contributed by atoms with E-state index in [1.165, 1.54) is 6.33 Å². The first-order valence-electron chi connectivity index (χ1n) is 6.51. The van der Waals surface area contributed by atoms with Crippen LogP contribution in [0.5, 0.6) is 0 Å². The number of piperazine rings is 1. The molecule has 1 aromatic heterocycles. The quantitative estimate of drug-likeness (QED) is 0.629. The first-order valence-corrected chi connectivity index (χ1v) is 6.51. The van der Waals surface area contributed by atoms with E-state index in [1.54, 1.807) is 11.9 Å². The van der Waals surface area contributed by atoms with Gasteiger partial charge in [0.25, 0.3) is 5.91 Å². The molecule has 0 spiro atoms. The molecule has 1 aliphatic rings. The molecule has 1 saturated heterocycles. The zero-order chi connectivity index (χ0) is 15.4. The lowest BCUT2D eigenvalue weighted by atomic mass is 10.2. The Labute approximate surface area is 120 Å². The number of rotatable bonds is 4. The van der Waals surface area contributed by atoms with Crippen molar-refractivity contribution in [3.63, 3.8) is 0 Å². The largest absolute Gasteiger partial charge is 0.477 e. The number of carboxylic acid groups (broad SMARTS) is 1. The molecular weight excluding hydrogens is 278 g/mol. The minimum Gasteiger partial charge on any atom is -0.477 e. The van der Waals surface area contributed by atoms with Crippen molar-refractivity contribution in [3.05, 3.63) is 17.7 Å². The number of H-pyrrole nitrogens is 1. The second kappa shape index (κ2) is 6.35. The molecular formula is C12H17N5O4. The lowest BCUT2D eigenvalue weighted by molar-refractivity contribution is -0.122. The van der Waals surface area contributed by atoms with Gasteiger partial charge >= 0.3 is 5.97 Å². The number of nitrogens with one attached hydrogen (secondary N) is 2. The van der Waals surface area contributed by atoms with Crippen LogP contribution in [-0.4, -0.2) is 82.4 Å². The van der Waals surface area contributed by atoms with Crippen molar-refractivity contribution < 1.29 is 19.5 Å². The average Bonchev–Trinajstić information content (AvgIpc) is 2.96. The molecule has 9 nitrogen and oxygen atoms in total. The number of aromatic amines is 1. The number of carbonyl (C=O) groups is 3. The number of hydrogen-bond acceptors (Lipinski definition) is 5. The third kappa shape index (κ3) is 3.37. The van der Waals surface area contributed by atoms with Crippen molar-refractivity contribution in [1.82, 2.24) is 25.1 Å². The SMILES string of the molecule is CNC(=O)CN1CCN(C(=O)c2nc[nH]c2C(=O)O)CC1. The van der Waals surface area contributed by atoms with Gasteiger partial charge in [-0.1, -0.05) is 0 Å². The van der Waals surface area contributed by atoms with Crippen molar-refractivity contribution in [3.8, 4) is 0 Å². The maximum Gasteiger partial charge on any atom is 0.354 e. The number of aromatic carboxylic acids is 1. The van der Waals surface area contributed by atoms with Crippen LogP contribution in [0.15, 0.2) is 6.33 Å². The number of imidazole rings is 1. The van der Waals surface area contributed by atoms with Crippen molar-refractivity contribution in [2.75, 3.05) is 39.8 Å². The molecule has 0 aromatic carbocycles. The minimum absolute atomic E-state index is 0.0739. The van der Waals surface area contributed by atoms with Gasteiger partial charge in [0.1, 0.15) is 0 Å². The zero-order valence-electron chi connectivity index (χ0n) is 11.6. The van der Waals surface area contributed by atoms with Gasteiger partial charge in [0.05, 0.1) is 12.9 Å². The summed E-state index contributed by atoms with van der Waals surface area (Å²) in [5.41, 5.74) is -0.282. The number of carboxylic acids is 1. The Morgan fingerprint density at radius 1 is 1.33 bits per heavy atom. The molecule has 2 heterocycles. The van der Waals surface area contributed by atoms with E-state index in [9.17, 15) is 14.4 Å². The van der Waals surface area contributed by atoms with Crippen LogP contribution < -0.4 is 5.32 Å². The minimum atomic E-state index is -1.21. The second-order valence-corrected chi connectivity index (χ2v) is 4.67. The van der Waals surface area contributed by atoms with Crippen LogP contribution in [0, 0.1) is 0 Å². The van der Waals surface area contributed by atoms with Gasteiger partial charge in [-0.3, -0.25) is 14.5 Å². The molecule has 3 N–H and O–H groups in total. The average molecular weight is 295 g/mol. The fourth-order valence-corrected chi connectivity index (χ4v) is 2.16. The first kappa shape index (κ1) is 15.0. The summed E-state index contributed by atoms with van der Waals surface area (Å²) in [5.74, 6) is -1.70. The van der Waals surface area contributed by atoms with Crippen LogP contribution in [0.3, 0.4) is 0 Å². The number of amides is 2. The molecule has 2 amide bonds. The summed E-state index contributed by atoms with van der Waals surface area (Å²) in [4.78, 5) is 44.2. The fourth-order valence-electron chi connectivity index (χ4n) is 2.16. The topological polar surface area (TPSA) is 119 Å². The van der Waals surface area contributed by atoms with E-state index in [4.69, 9.17) is 5.11 Å². The standard InChI is InChI=1S/C12H17N5O4/c1-13-8(18)6-16-2-4-17(5-3-16)11(19)9-10(12(20)21)15-7-14-9/h7H,2-6H2,1H3,(H,13,18)(H,14,15)(H,20,21). The predicted octanol–water partition coefficient (Wildman–Crippen LogP) is -1.39. The Morgan fingerprint density at radius 2 is 2.00 bits per heavy atom. The molecule has 0 aliphatic carbocycles. The van der Waals surface area contributed by atoms with Gasteiger partial charge in [-0.05, 0) is 0 Å². The number of carbonyl (C=O) groups excluding carboxylic acids is 2. The van der Waals surface area contributed by atoms with Crippen molar-refractivity contribution in [2.45, 2.75) is 0 Å². The molecule has 0 unspecified atom stereocenters. The van der Waals surface area contributed by atoms with Gasteiger partial charge < -0.3 is 20.3 Å². The molecule has 114 valence electrons. The van der Waals surface area contributed by atoms with Gasteiger partial charge in [0.2, 0.25) is 5.91 Å². The molecule has 21 heavy (non-hydrogen) atoms. The highest BCUT2D eigenvalue weighted by Gasteiger charge is 2.27. The van der Waals surface area contributed by atoms with Crippen LogP contribution >= 0.6 is 0 Å². The molecule has 2 rings (SSSR count).